The van der Waals surface area contributed by atoms with Gasteiger partial charge in [0.15, 0.2) is 16.7 Å². The van der Waals surface area contributed by atoms with Crippen LogP contribution in [0.25, 0.3) is 0 Å². The van der Waals surface area contributed by atoms with E-state index in [1.807, 2.05) is 36.2 Å². The van der Waals surface area contributed by atoms with Crippen LogP contribution < -0.4 is 9.47 Å². The van der Waals surface area contributed by atoms with Crippen LogP contribution in [0.3, 0.4) is 0 Å². The van der Waals surface area contributed by atoms with Gasteiger partial charge in [-0.05, 0) is 29.8 Å². The fourth-order valence-corrected chi connectivity index (χ4v) is 4.67. The monoisotopic (exact) mass is 339 g/mol. The minimum Gasteiger partial charge on any atom is -0.454 e. The van der Waals surface area contributed by atoms with Gasteiger partial charge in [-0.25, -0.2) is 0 Å². The van der Waals surface area contributed by atoms with E-state index in [9.17, 15) is 0 Å². The van der Waals surface area contributed by atoms with E-state index in [1.54, 1.807) is 0 Å². The van der Waals surface area contributed by atoms with E-state index >= 15 is 0 Å². The normalized spacial score (nSPS) is 27.3. The molecule has 0 amide bonds. The molecule has 2 aromatic rings. The lowest BCUT2D eigenvalue weighted by molar-refractivity contribution is 0.174. The Bertz CT molecular complexity index is 811. The SMILES string of the molecule is C[C@H]1CN2C(=N[C@@H](c3ccccn3)[C@@H]2c2ccc3c(c2)OCO3)S1. The van der Waals surface area contributed by atoms with Crippen molar-refractivity contribution in [2.24, 2.45) is 4.99 Å². The Morgan fingerprint density at radius 1 is 1.17 bits per heavy atom. The molecule has 5 rings (SSSR count). The van der Waals surface area contributed by atoms with E-state index in [1.165, 1.54) is 5.56 Å². The summed E-state index contributed by atoms with van der Waals surface area (Å²) >= 11 is 1.85. The van der Waals surface area contributed by atoms with Crippen molar-refractivity contribution in [1.82, 2.24) is 9.88 Å². The van der Waals surface area contributed by atoms with Gasteiger partial charge in [0.1, 0.15) is 6.04 Å². The lowest BCUT2D eigenvalue weighted by Crippen LogP contribution is -2.28. The molecule has 0 N–H and O–H groups in total. The topological polar surface area (TPSA) is 47.0 Å². The largest absolute Gasteiger partial charge is 0.454 e. The Morgan fingerprint density at radius 2 is 2.08 bits per heavy atom. The zero-order valence-electron chi connectivity index (χ0n) is 13.3. The van der Waals surface area contributed by atoms with Crippen LogP contribution in [0.5, 0.6) is 11.5 Å². The first-order chi connectivity index (χ1) is 11.8. The van der Waals surface area contributed by atoms with Crippen LogP contribution in [0.15, 0.2) is 47.6 Å². The lowest BCUT2D eigenvalue weighted by Gasteiger charge is -2.27. The van der Waals surface area contributed by atoms with Crippen molar-refractivity contribution in [3.8, 4) is 11.5 Å². The molecule has 0 radical (unpaired) electrons. The number of rotatable bonds is 2. The number of thioether (sulfide) groups is 1. The zero-order valence-corrected chi connectivity index (χ0v) is 14.1. The molecule has 0 unspecified atom stereocenters. The van der Waals surface area contributed by atoms with Crippen molar-refractivity contribution in [2.45, 2.75) is 24.3 Å². The summed E-state index contributed by atoms with van der Waals surface area (Å²) in [6.45, 7) is 3.55. The lowest BCUT2D eigenvalue weighted by atomic mass is 9.96. The van der Waals surface area contributed by atoms with E-state index in [0.29, 0.717) is 12.0 Å². The summed E-state index contributed by atoms with van der Waals surface area (Å²) in [5.41, 5.74) is 2.21. The number of nitrogens with zero attached hydrogens (tertiary/aromatic N) is 3. The molecule has 1 fully saturated rings. The highest BCUT2D eigenvalue weighted by atomic mass is 32.2. The minimum absolute atomic E-state index is 0.0153. The van der Waals surface area contributed by atoms with Gasteiger partial charge in [0, 0.05) is 18.0 Å². The van der Waals surface area contributed by atoms with Gasteiger partial charge in [-0.2, -0.15) is 0 Å². The van der Waals surface area contributed by atoms with Crippen LogP contribution in [0.4, 0.5) is 0 Å². The van der Waals surface area contributed by atoms with Crippen molar-refractivity contribution < 1.29 is 9.47 Å². The Hall–Kier alpha value is -2.21. The third-order valence-corrected chi connectivity index (χ3v) is 5.72. The molecule has 5 nitrogen and oxygen atoms in total. The molecule has 0 aliphatic carbocycles. The van der Waals surface area contributed by atoms with Crippen LogP contribution in [0.1, 0.15) is 30.3 Å². The van der Waals surface area contributed by atoms with Crippen molar-refractivity contribution in [3.05, 3.63) is 53.9 Å². The highest BCUT2D eigenvalue weighted by Gasteiger charge is 2.43. The Labute approximate surface area is 144 Å². The number of hydrogen-bond donors (Lipinski definition) is 0. The first-order valence-corrected chi connectivity index (χ1v) is 8.99. The van der Waals surface area contributed by atoms with Gasteiger partial charge in [0.05, 0.1) is 11.7 Å². The molecule has 122 valence electrons. The molecular formula is C18H17N3O2S. The summed E-state index contributed by atoms with van der Waals surface area (Å²) in [5, 5.41) is 1.69. The highest BCUT2D eigenvalue weighted by Crippen LogP contribution is 2.48. The van der Waals surface area contributed by atoms with Gasteiger partial charge in [-0.1, -0.05) is 30.8 Å². The molecule has 0 spiro atoms. The first-order valence-electron chi connectivity index (χ1n) is 8.11. The number of ether oxygens (including phenoxy) is 2. The smallest absolute Gasteiger partial charge is 0.231 e. The number of benzene rings is 1. The van der Waals surface area contributed by atoms with Gasteiger partial charge in [0.2, 0.25) is 6.79 Å². The second kappa shape index (κ2) is 5.41. The maximum absolute atomic E-state index is 5.57. The van der Waals surface area contributed by atoms with E-state index in [4.69, 9.17) is 14.5 Å². The maximum atomic E-state index is 5.57. The molecule has 24 heavy (non-hydrogen) atoms. The molecule has 3 atom stereocenters. The number of fused-ring (bicyclic) bond motifs is 2. The van der Waals surface area contributed by atoms with Crippen molar-refractivity contribution >= 4 is 16.9 Å². The molecule has 1 aromatic heterocycles. The Balaban J connectivity index is 1.58. The molecule has 0 bridgehead atoms. The van der Waals surface area contributed by atoms with E-state index in [-0.39, 0.29) is 12.1 Å². The minimum atomic E-state index is 0.0153. The van der Waals surface area contributed by atoms with Gasteiger partial charge in [0.25, 0.3) is 0 Å². The molecule has 6 heteroatoms. The standard InChI is InChI=1S/C18H17N3O2S/c1-11-9-21-17(12-5-6-14-15(8-12)23-10-22-14)16(20-18(21)24-11)13-4-2-3-7-19-13/h2-8,11,16-17H,9-10H2,1H3/t11-,16-,17-/m0/s1. The zero-order chi connectivity index (χ0) is 16.1. The molecule has 1 saturated heterocycles. The molecule has 4 heterocycles. The number of hydrogen-bond acceptors (Lipinski definition) is 6. The molecule has 3 aliphatic heterocycles. The second-order valence-electron chi connectivity index (χ2n) is 6.25. The molecule has 1 aromatic carbocycles. The fourth-order valence-electron chi connectivity index (χ4n) is 3.58. The summed E-state index contributed by atoms with van der Waals surface area (Å²) in [6, 6.07) is 12.4. The van der Waals surface area contributed by atoms with Crippen molar-refractivity contribution in [2.75, 3.05) is 13.3 Å². The van der Waals surface area contributed by atoms with Crippen LogP contribution in [-0.2, 0) is 0 Å². The van der Waals surface area contributed by atoms with Gasteiger partial charge in [-0.3, -0.25) is 9.98 Å². The van der Waals surface area contributed by atoms with Gasteiger partial charge in [-0.15, -0.1) is 0 Å². The van der Waals surface area contributed by atoms with Gasteiger partial charge >= 0.3 is 0 Å². The van der Waals surface area contributed by atoms with Crippen molar-refractivity contribution in [1.29, 1.82) is 0 Å². The van der Waals surface area contributed by atoms with E-state index in [0.717, 1.165) is 28.9 Å². The third kappa shape index (κ3) is 2.17. The molecule has 3 aliphatic rings. The van der Waals surface area contributed by atoms with E-state index in [2.05, 4.69) is 35.0 Å². The predicted octanol–water partition coefficient (Wildman–Crippen LogP) is 3.40. The van der Waals surface area contributed by atoms with Gasteiger partial charge < -0.3 is 14.4 Å². The van der Waals surface area contributed by atoms with Crippen molar-refractivity contribution in [3.63, 3.8) is 0 Å². The summed E-state index contributed by atoms with van der Waals surface area (Å²) in [5.74, 6) is 1.64. The molecular weight excluding hydrogens is 322 g/mol. The summed E-state index contributed by atoms with van der Waals surface area (Å²) in [4.78, 5) is 12.0. The van der Waals surface area contributed by atoms with Crippen LogP contribution in [0, 0.1) is 0 Å². The average molecular weight is 339 g/mol. The Kier molecular flexibility index (Phi) is 3.19. The number of aromatic nitrogens is 1. The van der Waals surface area contributed by atoms with Crippen LogP contribution >= 0.6 is 11.8 Å². The Morgan fingerprint density at radius 3 is 2.96 bits per heavy atom. The fraction of sp³-hybridized carbons (Fsp3) is 0.333. The number of pyridine rings is 1. The summed E-state index contributed by atoms with van der Waals surface area (Å²) in [6.07, 6.45) is 1.84. The average Bonchev–Trinajstić information content (AvgIpc) is 3.28. The first kappa shape index (κ1) is 14.2. The van der Waals surface area contributed by atoms with E-state index < -0.39 is 0 Å². The predicted molar refractivity (Wildman–Crippen MR) is 93.5 cm³/mol. The number of aliphatic imine (C=N–C) groups is 1. The van der Waals surface area contributed by atoms with Crippen LogP contribution in [0.2, 0.25) is 0 Å². The molecule has 0 saturated carbocycles. The second-order valence-corrected chi connectivity index (χ2v) is 7.66. The van der Waals surface area contributed by atoms with Crippen LogP contribution in [-0.4, -0.2) is 33.6 Å². The summed E-state index contributed by atoms with van der Waals surface area (Å²) in [7, 11) is 0. The highest BCUT2D eigenvalue weighted by molar-refractivity contribution is 8.14. The number of amidine groups is 1. The summed E-state index contributed by atoms with van der Waals surface area (Å²) < 4.78 is 11.0. The third-order valence-electron chi connectivity index (χ3n) is 4.62. The maximum Gasteiger partial charge on any atom is 0.231 e. The quantitative estimate of drug-likeness (QED) is 0.839.